The van der Waals surface area contributed by atoms with E-state index < -0.39 is 11.8 Å². The molecule has 14 heavy (non-hydrogen) atoms. The van der Waals surface area contributed by atoms with Gasteiger partial charge in [-0.3, -0.25) is 0 Å². The molecule has 5 heteroatoms. The summed E-state index contributed by atoms with van der Waals surface area (Å²) in [5, 5.41) is -2.88. The van der Waals surface area contributed by atoms with Gasteiger partial charge in [0.05, 0.1) is 6.42 Å². The maximum Gasteiger partial charge on any atom is 0.325 e. The molecule has 0 unspecified atom stereocenters. The van der Waals surface area contributed by atoms with Crippen molar-refractivity contribution in [3.05, 3.63) is 33.3 Å². The second kappa shape index (κ2) is 4.21. The topological polar surface area (TPSA) is 0 Å². The van der Waals surface area contributed by atoms with Gasteiger partial charge in [0.2, 0.25) is 0 Å². The number of benzene rings is 1. The molecule has 0 bridgehead atoms. The molecule has 1 aromatic rings. The van der Waals surface area contributed by atoms with Gasteiger partial charge in [0, 0.05) is 10.0 Å². The number of alkyl halides is 3. The van der Waals surface area contributed by atoms with Crippen LogP contribution in [-0.4, -0.2) is 5.38 Å². The summed E-state index contributed by atoms with van der Waals surface area (Å²) >= 11 is 16.3. The molecule has 0 aliphatic heterocycles. The van der Waals surface area contributed by atoms with E-state index in [-0.39, 0.29) is 15.6 Å². The van der Waals surface area contributed by atoms with E-state index >= 15 is 0 Å². The summed E-state index contributed by atoms with van der Waals surface area (Å²) in [5.74, 6) is 0. The molecule has 0 aliphatic rings. The summed E-state index contributed by atoms with van der Waals surface area (Å²) in [6.45, 7) is 1.78. The summed E-state index contributed by atoms with van der Waals surface area (Å²) < 4.78 is 25.0. The largest absolute Gasteiger partial charge is 0.325 e. The smallest absolute Gasteiger partial charge is 0.188 e. The number of hydrogen-bond donors (Lipinski definition) is 0. The minimum absolute atomic E-state index is 0.180. The Kier molecular flexibility index (Phi) is 3.62. The van der Waals surface area contributed by atoms with Crippen LogP contribution < -0.4 is 0 Å². The third-order valence-electron chi connectivity index (χ3n) is 1.66. The first-order valence-corrected chi connectivity index (χ1v) is 4.94. The fourth-order valence-electron chi connectivity index (χ4n) is 1.10. The van der Waals surface area contributed by atoms with Crippen molar-refractivity contribution in [2.24, 2.45) is 0 Å². The van der Waals surface area contributed by atoms with Crippen molar-refractivity contribution in [2.45, 2.75) is 18.7 Å². The maximum atomic E-state index is 12.5. The van der Waals surface area contributed by atoms with Gasteiger partial charge in [-0.25, -0.2) is 0 Å². The molecule has 0 aliphatic carbocycles. The first-order chi connectivity index (χ1) is 6.29. The molecule has 0 N–H and O–H groups in total. The number of aryl methyl sites for hydroxylation is 1. The second-order valence-electron chi connectivity index (χ2n) is 3.00. The Bertz CT molecular complexity index is 321. The molecule has 78 valence electrons. The van der Waals surface area contributed by atoms with Crippen molar-refractivity contribution in [1.82, 2.24) is 0 Å². The lowest BCUT2D eigenvalue weighted by molar-refractivity contribution is 0.0970. The molecule has 1 aromatic carbocycles. The fourth-order valence-corrected chi connectivity index (χ4v) is 1.96. The summed E-state index contributed by atoms with van der Waals surface area (Å²) in [6.07, 6.45) is -0.660. The highest BCUT2D eigenvalue weighted by molar-refractivity contribution is 6.36. The molecule has 0 saturated carbocycles. The third-order valence-corrected chi connectivity index (χ3v) is 2.47. The quantitative estimate of drug-likeness (QED) is 0.677. The highest BCUT2D eigenvalue weighted by Gasteiger charge is 2.27. The fraction of sp³-hybridized carbons (Fsp3) is 0.333. The zero-order valence-electron chi connectivity index (χ0n) is 7.25. The molecular formula is C9H7Cl3F2. The Hall–Kier alpha value is -0.0500. The van der Waals surface area contributed by atoms with Crippen molar-refractivity contribution in [3.63, 3.8) is 0 Å². The van der Waals surface area contributed by atoms with E-state index in [1.165, 1.54) is 0 Å². The van der Waals surface area contributed by atoms with Crippen LogP contribution in [0.3, 0.4) is 0 Å². The minimum atomic E-state index is -3.32. The zero-order valence-corrected chi connectivity index (χ0v) is 9.52. The van der Waals surface area contributed by atoms with Crippen LogP contribution in [0.4, 0.5) is 8.78 Å². The number of hydrogen-bond acceptors (Lipinski definition) is 0. The first kappa shape index (κ1) is 12.0. The Balaban J connectivity index is 3.09. The predicted octanol–water partition coefficient (Wildman–Crippen LogP) is 4.68. The molecule has 1 rings (SSSR count). The molecule has 0 atom stereocenters. The highest BCUT2D eigenvalue weighted by atomic mass is 35.5. The van der Waals surface area contributed by atoms with Crippen LogP contribution in [0.15, 0.2) is 12.1 Å². The Morgan fingerprint density at radius 2 is 1.64 bits per heavy atom. The van der Waals surface area contributed by atoms with Crippen LogP contribution in [0.5, 0.6) is 0 Å². The summed E-state index contributed by atoms with van der Waals surface area (Å²) in [6, 6.07) is 3.15. The molecule has 0 aromatic heterocycles. The lowest BCUT2D eigenvalue weighted by atomic mass is 10.1. The molecule has 0 radical (unpaired) electrons. The van der Waals surface area contributed by atoms with Crippen molar-refractivity contribution >= 4 is 34.8 Å². The first-order valence-electron chi connectivity index (χ1n) is 3.81. The van der Waals surface area contributed by atoms with Gasteiger partial charge in [-0.1, -0.05) is 23.2 Å². The van der Waals surface area contributed by atoms with Gasteiger partial charge >= 0.3 is 5.38 Å². The van der Waals surface area contributed by atoms with Crippen LogP contribution in [0.1, 0.15) is 11.1 Å². The van der Waals surface area contributed by atoms with E-state index in [0.717, 1.165) is 5.56 Å². The number of rotatable bonds is 2. The lowest BCUT2D eigenvalue weighted by Gasteiger charge is -2.11. The van der Waals surface area contributed by atoms with Crippen LogP contribution >= 0.6 is 34.8 Å². The van der Waals surface area contributed by atoms with E-state index in [1.807, 2.05) is 0 Å². The zero-order chi connectivity index (χ0) is 10.9. The molecule has 0 spiro atoms. The molecule has 0 amide bonds. The second-order valence-corrected chi connectivity index (χ2v) is 4.37. The molecule has 0 saturated heterocycles. The molecule has 0 heterocycles. The van der Waals surface area contributed by atoms with E-state index in [4.69, 9.17) is 34.8 Å². The van der Waals surface area contributed by atoms with Gasteiger partial charge in [-0.2, -0.15) is 8.78 Å². The third kappa shape index (κ3) is 3.26. The highest BCUT2D eigenvalue weighted by Crippen LogP contribution is 2.33. The Labute approximate surface area is 95.8 Å². The number of halogens is 5. The predicted molar refractivity (Wildman–Crippen MR) is 55.7 cm³/mol. The van der Waals surface area contributed by atoms with Gasteiger partial charge in [0.25, 0.3) is 0 Å². The molecular weight excluding hydrogens is 252 g/mol. The van der Waals surface area contributed by atoms with Gasteiger partial charge in [-0.15, -0.1) is 0 Å². The van der Waals surface area contributed by atoms with E-state index in [1.54, 1.807) is 19.1 Å². The Morgan fingerprint density at radius 3 is 2.00 bits per heavy atom. The van der Waals surface area contributed by atoms with Gasteiger partial charge in [-0.05, 0) is 41.8 Å². The average molecular weight is 260 g/mol. The summed E-state index contributed by atoms with van der Waals surface area (Å²) in [7, 11) is 0. The van der Waals surface area contributed by atoms with Crippen LogP contribution in [0.2, 0.25) is 10.0 Å². The molecule has 0 nitrogen and oxygen atoms in total. The van der Waals surface area contributed by atoms with Crippen molar-refractivity contribution in [2.75, 3.05) is 0 Å². The van der Waals surface area contributed by atoms with Gasteiger partial charge in [0.15, 0.2) is 0 Å². The normalized spacial score (nSPS) is 11.9. The summed E-state index contributed by atoms with van der Waals surface area (Å²) in [4.78, 5) is 0. The van der Waals surface area contributed by atoms with Crippen molar-refractivity contribution in [1.29, 1.82) is 0 Å². The van der Waals surface area contributed by atoms with Gasteiger partial charge in [0.1, 0.15) is 0 Å². The monoisotopic (exact) mass is 258 g/mol. The van der Waals surface area contributed by atoms with Crippen LogP contribution in [-0.2, 0) is 6.42 Å². The average Bonchev–Trinajstić information content (AvgIpc) is 1.95. The lowest BCUT2D eigenvalue weighted by Crippen LogP contribution is -2.10. The van der Waals surface area contributed by atoms with Crippen LogP contribution in [0.25, 0.3) is 0 Å². The maximum absolute atomic E-state index is 12.5. The summed E-state index contributed by atoms with van der Waals surface area (Å²) in [5.41, 5.74) is 1.00. The van der Waals surface area contributed by atoms with E-state index in [0.29, 0.717) is 0 Å². The van der Waals surface area contributed by atoms with E-state index in [9.17, 15) is 8.78 Å². The van der Waals surface area contributed by atoms with Crippen LogP contribution in [0, 0.1) is 6.92 Å². The minimum Gasteiger partial charge on any atom is -0.188 e. The van der Waals surface area contributed by atoms with Crippen molar-refractivity contribution < 1.29 is 8.78 Å². The Morgan fingerprint density at radius 1 is 1.21 bits per heavy atom. The van der Waals surface area contributed by atoms with E-state index in [2.05, 4.69) is 0 Å². The SMILES string of the molecule is Cc1cc(Cl)c(CC(F)(F)Cl)c(Cl)c1. The van der Waals surface area contributed by atoms with Gasteiger partial charge < -0.3 is 0 Å². The van der Waals surface area contributed by atoms with Crippen molar-refractivity contribution in [3.8, 4) is 0 Å². The standard InChI is InChI=1S/C9H7Cl3F2/c1-5-2-7(10)6(8(11)3-5)4-9(12,13)14/h2-3H,4H2,1H3. The molecule has 0 fully saturated rings.